The van der Waals surface area contributed by atoms with Gasteiger partial charge in [0, 0.05) is 10.7 Å². The number of hydrogen-bond donors (Lipinski definition) is 3. The zero-order valence-electron chi connectivity index (χ0n) is 12.3. The zero-order chi connectivity index (χ0) is 16.8. The van der Waals surface area contributed by atoms with Gasteiger partial charge >= 0.3 is 0 Å². The highest BCUT2D eigenvalue weighted by atomic mass is 35.5. The van der Waals surface area contributed by atoms with Crippen LogP contribution in [0.3, 0.4) is 0 Å². The first-order valence-electron chi connectivity index (χ1n) is 7.23. The number of nitrogens with one attached hydrogen (secondary N) is 2. The molecule has 24 heavy (non-hydrogen) atoms. The number of H-pyrrole nitrogens is 1. The van der Waals surface area contributed by atoms with Crippen LogP contribution >= 0.6 is 11.6 Å². The van der Waals surface area contributed by atoms with Crippen LogP contribution in [-0.2, 0) is 0 Å². The summed E-state index contributed by atoms with van der Waals surface area (Å²) in [5, 5.41) is 19.3. The fourth-order valence-corrected chi connectivity index (χ4v) is 2.98. The van der Waals surface area contributed by atoms with Crippen molar-refractivity contribution < 1.29 is 9.50 Å². The number of aliphatic hydroxyl groups excluding tert-OH is 1. The molecule has 0 amide bonds. The van der Waals surface area contributed by atoms with Crippen LogP contribution < -0.4 is 4.90 Å². The molecule has 0 spiro atoms. The number of anilines is 1. The van der Waals surface area contributed by atoms with Crippen LogP contribution in [0.5, 0.6) is 0 Å². The first-order chi connectivity index (χ1) is 11.5. The summed E-state index contributed by atoms with van der Waals surface area (Å²) in [6, 6.07) is 11.3. The molecule has 0 aliphatic carbocycles. The molecule has 0 saturated carbocycles. The van der Waals surface area contributed by atoms with E-state index in [1.807, 2.05) is 6.07 Å². The number of aromatic amines is 1. The molecule has 0 bridgehead atoms. The molecular weight excluding hydrogens is 331 g/mol. The highest BCUT2D eigenvalue weighted by molar-refractivity contribution is 6.32. The van der Waals surface area contributed by atoms with Gasteiger partial charge in [-0.3, -0.25) is 5.41 Å². The van der Waals surface area contributed by atoms with Gasteiger partial charge in [0.1, 0.15) is 23.2 Å². The third-order valence-corrected chi connectivity index (χ3v) is 4.14. The minimum absolute atomic E-state index is 0.0273. The molecule has 1 aliphatic rings. The summed E-state index contributed by atoms with van der Waals surface area (Å²) in [6.07, 6.45) is 0. The Hall–Kier alpha value is -2.86. The smallest absolute Gasteiger partial charge is 0.145 e. The Labute approximate surface area is 141 Å². The average Bonchev–Trinajstić information content (AvgIpc) is 3.07. The lowest BCUT2D eigenvalue weighted by Crippen LogP contribution is -2.26. The summed E-state index contributed by atoms with van der Waals surface area (Å²) in [4.78, 5) is 8.94. The van der Waals surface area contributed by atoms with Crippen LogP contribution in [0.15, 0.2) is 48.2 Å². The van der Waals surface area contributed by atoms with Crippen LogP contribution in [0.2, 0.25) is 5.02 Å². The lowest BCUT2D eigenvalue weighted by molar-refractivity contribution is 0.411. The number of rotatable bonds is 2. The maximum absolute atomic E-state index is 13.3. The molecule has 0 unspecified atom stereocenters. The summed E-state index contributed by atoms with van der Waals surface area (Å²) < 4.78 is 13.3. The first kappa shape index (κ1) is 14.7. The topological polar surface area (TPSA) is 76.0 Å². The van der Waals surface area contributed by atoms with E-state index >= 15 is 0 Å². The quantitative estimate of drug-likeness (QED) is 0.655. The minimum Gasteiger partial charge on any atom is -0.509 e. The van der Waals surface area contributed by atoms with Crippen molar-refractivity contribution in [2.75, 3.05) is 11.4 Å². The van der Waals surface area contributed by atoms with Gasteiger partial charge in [0.15, 0.2) is 0 Å². The van der Waals surface area contributed by atoms with E-state index in [2.05, 4.69) is 9.97 Å². The molecule has 7 heteroatoms. The van der Waals surface area contributed by atoms with Crippen molar-refractivity contribution in [3.05, 3.63) is 64.9 Å². The third-order valence-electron chi connectivity index (χ3n) is 3.90. The highest BCUT2D eigenvalue weighted by Gasteiger charge is 2.31. The molecule has 0 atom stereocenters. The van der Waals surface area contributed by atoms with Gasteiger partial charge in [0.25, 0.3) is 0 Å². The van der Waals surface area contributed by atoms with Crippen molar-refractivity contribution in [1.82, 2.24) is 9.97 Å². The Morgan fingerprint density at radius 1 is 1.25 bits per heavy atom. The van der Waals surface area contributed by atoms with E-state index in [1.54, 1.807) is 29.2 Å². The molecule has 2 heterocycles. The molecule has 1 aliphatic heterocycles. The van der Waals surface area contributed by atoms with Crippen molar-refractivity contribution in [1.29, 1.82) is 5.41 Å². The van der Waals surface area contributed by atoms with Crippen LogP contribution in [0.25, 0.3) is 16.6 Å². The maximum atomic E-state index is 13.3. The largest absolute Gasteiger partial charge is 0.509 e. The number of amidine groups is 1. The molecule has 2 aromatic carbocycles. The fourth-order valence-electron chi connectivity index (χ4n) is 2.79. The Kier molecular flexibility index (Phi) is 3.28. The van der Waals surface area contributed by atoms with E-state index in [1.165, 1.54) is 12.1 Å². The average molecular weight is 343 g/mol. The number of hydrogen-bond acceptors (Lipinski definition) is 3. The second-order valence-corrected chi connectivity index (χ2v) is 5.92. The molecular formula is C17H12ClFN4O. The molecule has 0 fully saturated rings. The van der Waals surface area contributed by atoms with Crippen molar-refractivity contribution >= 4 is 39.7 Å². The third kappa shape index (κ3) is 2.32. The standard InChI is InChI=1S/C17H12ClFN4O/c18-9-2-1-3-11(6-9)23-8-14(24)15(16(23)20)17-21-12-5-4-10(19)7-13(12)22-17/h1-7,20,24H,8H2,(H,21,22). The monoisotopic (exact) mass is 342 g/mol. The Bertz CT molecular complexity index is 1010. The second kappa shape index (κ2) is 5.35. The second-order valence-electron chi connectivity index (χ2n) is 5.48. The van der Waals surface area contributed by atoms with E-state index in [9.17, 15) is 9.50 Å². The van der Waals surface area contributed by atoms with E-state index in [4.69, 9.17) is 17.0 Å². The van der Waals surface area contributed by atoms with Crippen molar-refractivity contribution in [3.8, 4) is 0 Å². The molecule has 0 radical (unpaired) electrons. The summed E-state index contributed by atoms with van der Waals surface area (Å²) in [5.41, 5.74) is 2.09. The predicted molar refractivity (Wildman–Crippen MR) is 92.1 cm³/mol. The predicted octanol–water partition coefficient (Wildman–Crippen LogP) is 4.12. The molecule has 120 valence electrons. The Morgan fingerprint density at radius 2 is 2.08 bits per heavy atom. The number of fused-ring (bicyclic) bond motifs is 1. The van der Waals surface area contributed by atoms with Gasteiger partial charge in [-0.2, -0.15) is 0 Å². The van der Waals surface area contributed by atoms with Gasteiger partial charge in [-0.25, -0.2) is 9.37 Å². The maximum Gasteiger partial charge on any atom is 0.145 e. The number of nitrogens with zero attached hydrogens (tertiary/aromatic N) is 2. The molecule has 3 aromatic rings. The molecule has 0 saturated heterocycles. The molecule has 5 nitrogen and oxygen atoms in total. The Morgan fingerprint density at radius 3 is 2.88 bits per heavy atom. The Balaban J connectivity index is 1.74. The van der Waals surface area contributed by atoms with Gasteiger partial charge in [0.2, 0.25) is 0 Å². The van der Waals surface area contributed by atoms with Crippen LogP contribution in [0.4, 0.5) is 10.1 Å². The van der Waals surface area contributed by atoms with Gasteiger partial charge in [-0.05, 0) is 36.4 Å². The van der Waals surface area contributed by atoms with E-state index in [-0.39, 0.29) is 24.0 Å². The molecule has 4 rings (SSSR count). The van der Waals surface area contributed by atoms with Crippen LogP contribution in [-0.4, -0.2) is 27.5 Å². The van der Waals surface area contributed by atoms with Crippen molar-refractivity contribution in [2.24, 2.45) is 0 Å². The lowest BCUT2D eigenvalue weighted by atomic mass is 10.2. The van der Waals surface area contributed by atoms with Crippen LogP contribution in [0.1, 0.15) is 5.82 Å². The summed E-state index contributed by atoms with van der Waals surface area (Å²) in [7, 11) is 0. The number of halogens is 2. The minimum atomic E-state index is -0.377. The van der Waals surface area contributed by atoms with Gasteiger partial charge in [-0.1, -0.05) is 17.7 Å². The number of benzene rings is 2. The molecule has 3 N–H and O–H groups in total. The van der Waals surface area contributed by atoms with Gasteiger partial charge in [0.05, 0.1) is 23.2 Å². The fraction of sp³-hybridized carbons (Fsp3) is 0.0588. The number of aliphatic hydroxyl groups is 1. The SMILES string of the molecule is N=C1C(c2nc3ccc(F)cc3[nH]2)=C(O)CN1c1cccc(Cl)c1. The summed E-state index contributed by atoms with van der Waals surface area (Å²) in [5.74, 6) is 0.0920. The number of imidazole rings is 1. The zero-order valence-corrected chi connectivity index (χ0v) is 13.1. The van der Waals surface area contributed by atoms with Crippen LogP contribution in [0, 0.1) is 11.2 Å². The first-order valence-corrected chi connectivity index (χ1v) is 7.60. The summed E-state index contributed by atoms with van der Waals surface area (Å²) >= 11 is 6.00. The normalized spacial score (nSPS) is 14.9. The van der Waals surface area contributed by atoms with Gasteiger partial charge in [-0.15, -0.1) is 0 Å². The van der Waals surface area contributed by atoms with Gasteiger partial charge < -0.3 is 15.0 Å². The van der Waals surface area contributed by atoms with Crippen molar-refractivity contribution in [2.45, 2.75) is 0 Å². The van der Waals surface area contributed by atoms with E-state index < -0.39 is 0 Å². The van der Waals surface area contributed by atoms with E-state index in [0.29, 0.717) is 33.1 Å². The highest BCUT2D eigenvalue weighted by Crippen LogP contribution is 2.31. The van der Waals surface area contributed by atoms with E-state index in [0.717, 1.165) is 0 Å². The lowest BCUT2D eigenvalue weighted by Gasteiger charge is -2.18. The van der Waals surface area contributed by atoms with Crippen molar-refractivity contribution in [3.63, 3.8) is 0 Å². The molecule has 1 aromatic heterocycles. The number of aromatic nitrogens is 2. The summed E-state index contributed by atoms with van der Waals surface area (Å²) in [6.45, 7) is 0.153.